The lowest BCUT2D eigenvalue weighted by molar-refractivity contribution is -0.0105. The van der Waals surface area contributed by atoms with Gasteiger partial charge in [-0.05, 0) is 20.8 Å². The van der Waals surface area contributed by atoms with E-state index in [1.54, 1.807) is 11.8 Å². The van der Waals surface area contributed by atoms with E-state index in [0.717, 1.165) is 11.4 Å². The molecule has 0 aliphatic carbocycles. The molecule has 1 rings (SSSR count). The average Bonchev–Trinajstić information content (AvgIpc) is 2.51. The van der Waals surface area contributed by atoms with Crippen LogP contribution in [-0.4, -0.2) is 28.5 Å². The maximum Gasteiger partial charge on any atom is 0.0847 e. The summed E-state index contributed by atoms with van der Waals surface area (Å²) in [5, 5.41) is 4.98. The Kier molecular flexibility index (Phi) is 4.55. The lowest BCUT2D eigenvalue weighted by atomic mass is 9.94. The predicted molar refractivity (Wildman–Crippen MR) is 68.9 cm³/mol. The molecule has 1 atom stereocenters. The van der Waals surface area contributed by atoms with Crippen LogP contribution in [0.4, 0.5) is 0 Å². The topological polar surface area (TPSA) is 65.1 Å². The molecule has 17 heavy (non-hydrogen) atoms. The summed E-state index contributed by atoms with van der Waals surface area (Å²) in [6, 6.07) is -0.0419. The van der Waals surface area contributed by atoms with Crippen LogP contribution in [0.5, 0.6) is 0 Å². The van der Waals surface area contributed by atoms with Gasteiger partial charge in [0.05, 0.1) is 28.1 Å². The fraction of sp³-hybridized carbons (Fsp3) is 0.727. The zero-order valence-electron chi connectivity index (χ0n) is 11.0. The van der Waals surface area contributed by atoms with E-state index < -0.39 is 0 Å². The number of nitrogens with one attached hydrogen (secondary N) is 1. The molecule has 1 unspecified atom stereocenters. The van der Waals surface area contributed by atoms with Crippen molar-refractivity contribution in [1.29, 1.82) is 0 Å². The summed E-state index contributed by atoms with van der Waals surface area (Å²) in [6.45, 7) is 5.85. The van der Waals surface area contributed by atoms with Gasteiger partial charge in [0.1, 0.15) is 0 Å². The largest absolute Gasteiger partial charge is 0.377 e. The molecule has 98 valence electrons. The highest BCUT2D eigenvalue weighted by Crippen LogP contribution is 2.24. The lowest BCUT2D eigenvalue weighted by Gasteiger charge is -2.32. The fourth-order valence-electron chi connectivity index (χ4n) is 1.74. The minimum Gasteiger partial charge on any atom is -0.377 e. The summed E-state index contributed by atoms with van der Waals surface area (Å²) in [5.41, 5.74) is 4.19. The molecular formula is C11H21ClN4O. The van der Waals surface area contributed by atoms with Gasteiger partial charge in [-0.1, -0.05) is 11.6 Å². The predicted octanol–water partition coefficient (Wildman–Crippen LogP) is 1.18. The maximum absolute atomic E-state index is 6.22. The third-order valence-corrected chi connectivity index (χ3v) is 3.72. The van der Waals surface area contributed by atoms with E-state index in [2.05, 4.69) is 10.5 Å². The Balaban J connectivity index is 2.96. The zero-order valence-corrected chi connectivity index (χ0v) is 11.8. The second-order valence-corrected chi connectivity index (χ2v) is 5.08. The Morgan fingerprint density at radius 2 is 2.18 bits per heavy atom. The molecule has 0 saturated carbocycles. The van der Waals surface area contributed by atoms with Crippen molar-refractivity contribution in [2.24, 2.45) is 12.9 Å². The van der Waals surface area contributed by atoms with Crippen LogP contribution in [0.3, 0.4) is 0 Å². The Morgan fingerprint density at radius 1 is 1.59 bits per heavy atom. The minimum atomic E-state index is -0.379. The summed E-state index contributed by atoms with van der Waals surface area (Å²) in [6.07, 6.45) is 0.660. The van der Waals surface area contributed by atoms with Crippen molar-refractivity contribution in [3.05, 3.63) is 16.4 Å². The molecule has 0 radical (unpaired) electrons. The highest BCUT2D eigenvalue weighted by molar-refractivity contribution is 6.31. The quantitative estimate of drug-likeness (QED) is 0.616. The number of methoxy groups -OCH3 is 1. The minimum absolute atomic E-state index is 0.0419. The SMILES string of the molecule is COC(C)(C)C(Cc1c(Cl)c(C)nn1C)NN. The number of aryl methyl sites for hydroxylation is 2. The maximum atomic E-state index is 6.22. The molecule has 0 fully saturated rings. The van der Waals surface area contributed by atoms with E-state index in [-0.39, 0.29) is 11.6 Å². The van der Waals surface area contributed by atoms with Gasteiger partial charge in [-0.2, -0.15) is 5.10 Å². The molecule has 0 aliphatic heterocycles. The number of aromatic nitrogens is 2. The first-order valence-corrected chi connectivity index (χ1v) is 5.90. The molecule has 5 nitrogen and oxygen atoms in total. The van der Waals surface area contributed by atoms with Crippen LogP contribution in [0.25, 0.3) is 0 Å². The molecular weight excluding hydrogens is 240 g/mol. The first-order chi connectivity index (χ1) is 7.83. The van der Waals surface area contributed by atoms with Crippen molar-refractivity contribution in [1.82, 2.24) is 15.2 Å². The van der Waals surface area contributed by atoms with Gasteiger partial charge in [0.25, 0.3) is 0 Å². The van der Waals surface area contributed by atoms with Crippen molar-refractivity contribution >= 4 is 11.6 Å². The fourth-order valence-corrected chi connectivity index (χ4v) is 1.98. The highest BCUT2D eigenvalue weighted by atomic mass is 35.5. The zero-order chi connectivity index (χ0) is 13.2. The van der Waals surface area contributed by atoms with Gasteiger partial charge in [0.2, 0.25) is 0 Å². The smallest absolute Gasteiger partial charge is 0.0847 e. The molecule has 0 amide bonds. The summed E-state index contributed by atoms with van der Waals surface area (Å²) >= 11 is 6.22. The van der Waals surface area contributed by atoms with E-state index in [1.165, 1.54) is 0 Å². The summed E-state index contributed by atoms with van der Waals surface area (Å²) in [5.74, 6) is 5.59. The third kappa shape index (κ3) is 2.98. The Hall–Kier alpha value is -0.620. The third-order valence-electron chi connectivity index (χ3n) is 3.23. The van der Waals surface area contributed by atoms with Gasteiger partial charge in [-0.3, -0.25) is 16.0 Å². The van der Waals surface area contributed by atoms with Gasteiger partial charge in [-0.25, -0.2) is 0 Å². The normalized spacial score (nSPS) is 14.1. The molecule has 0 spiro atoms. The van der Waals surface area contributed by atoms with E-state index in [1.807, 2.05) is 27.8 Å². The Bertz CT molecular complexity index is 389. The number of nitrogens with two attached hydrogens (primary N) is 1. The summed E-state index contributed by atoms with van der Waals surface area (Å²) in [7, 11) is 3.54. The van der Waals surface area contributed by atoms with E-state index in [9.17, 15) is 0 Å². The standard InChI is InChI=1S/C11H21ClN4O/c1-7-10(12)8(16(4)15-7)6-9(14-13)11(2,3)17-5/h9,14H,6,13H2,1-5H3. The summed E-state index contributed by atoms with van der Waals surface area (Å²) in [4.78, 5) is 0. The molecule has 0 bridgehead atoms. The van der Waals surface area contributed by atoms with Crippen LogP contribution in [-0.2, 0) is 18.2 Å². The number of rotatable bonds is 5. The molecule has 6 heteroatoms. The molecule has 0 aliphatic rings. The molecule has 0 aromatic carbocycles. The van der Waals surface area contributed by atoms with E-state index >= 15 is 0 Å². The van der Waals surface area contributed by atoms with Crippen LogP contribution < -0.4 is 11.3 Å². The van der Waals surface area contributed by atoms with Crippen molar-refractivity contribution in [3.63, 3.8) is 0 Å². The van der Waals surface area contributed by atoms with Gasteiger partial charge >= 0.3 is 0 Å². The number of halogens is 1. The van der Waals surface area contributed by atoms with Crippen molar-refractivity contribution < 1.29 is 4.74 Å². The van der Waals surface area contributed by atoms with Gasteiger partial charge in [0.15, 0.2) is 0 Å². The van der Waals surface area contributed by atoms with Crippen LogP contribution >= 0.6 is 11.6 Å². The molecule has 1 aromatic rings. The number of hydrogen-bond donors (Lipinski definition) is 2. The Morgan fingerprint density at radius 3 is 2.53 bits per heavy atom. The number of nitrogens with zero attached hydrogens (tertiary/aromatic N) is 2. The molecule has 0 saturated heterocycles. The summed E-state index contributed by atoms with van der Waals surface area (Å²) < 4.78 is 7.22. The van der Waals surface area contributed by atoms with Crippen molar-refractivity contribution in [2.75, 3.05) is 7.11 Å². The van der Waals surface area contributed by atoms with E-state index in [0.29, 0.717) is 11.4 Å². The number of hydrogen-bond acceptors (Lipinski definition) is 4. The number of ether oxygens (including phenoxy) is 1. The van der Waals surface area contributed by atoms with Gasteiger partial charge in [-0.15, -0.1) is 0 Å². The first-order valence-electron chi connectivity index (χ1n) is 5.52. The number of hydrazine groups is 1. The van der Waals surface area contributed by atoms with Crippen molar-refractivity contribution in [2.45, 2.75) is 38.8 Å². The monoisotopic (exact) mass is 260 g/mol. The van der Waals surface area contributed by atoms with Crippen LogP contribution in [0, 0.1) is 6.92 Å². The van der Waals surface area contributed by atoms with E-state index in [4.69, 9.17) is 22.2 Å². The lowest BCUT2D eigenvalue weighted by Crippen LogP contribution is -2.52. The molecule has 1 heterocycles. The highest BCUT2D eigenvalue weighted by Gasteiger charge is 2.30. The average molecular weight is 261 g/mol. The van der Waals surface area contributed by atoms with Crippen molar-refractivity contribution in [3.8, 4) is 0 Å². The van der Waals surface area contributed by atoms with Crippen LogP contribution in [0.15, 0.2) is 0 Å². The molecule has 1 aromatic heterocycles. The second-order valence-electron chi connectivity index (χ2n) is 4.70. The first kappa shape index (κ1) is 14.4. The van der Waals surface area contributed by atoms with Crippen LogP contribution in [0.1, 0.15) is 25.2 Å². The van der Waals surface area contributed by atoms with Gasteiger partial charge < -0.3 is 4.74 Å². The molecule has 3 N–H and O–H groups in total. The van der Waals surface area contributed by atoms with Gasteiger partial charge in [0, 0.05) is 20.6 Å². The second kappa shape index (κ2) is 5.35. The Labute approximate surface area is 107 Å². The van der Waals surface area contributed by atoms with Crippen LogP contribution in [0.2, 0.25) is 5.02 Å².